The fourth-order valence-electron chi connectivity index (χ4n) is 5.21. The van der Waals surface area contributed by atoms with E-state index in [-0.39, 0.29) is 35.8 Å². The Hall–Kier alpha value is -4.86. The number of fused-ring (bicyclic) bond motifs is 1. The molecule has 0 aliphatic carbocycles. The van der Waals surface area contributed by atoms with Crippen molar-refractivity contribution in [2.75, 3.05) is 63.3 Å². The van der Waals surface area contributed by atoms with Gasteiger partial charge in [0.05, 0.1) is 60.7 Å². The third kappa shape index (κ3) is 6.24. The van der Waals surface area contributed by atoms with Crippen molar-refractivity contribution >= 4 is 16.6 Å². The van der Waals surface area contributed by atoms with Crippen molar-refractivity contribution in [3.05, 3.63) is 70.6 Å². The molecular formula is C32H37N5O7. The Morgan fingerprint density at radius 3 is 1.93 bits per heavy atom. The van der Waals surface area contributed by atoms with Gasteiger partial charge in [-0.15, -0.1) is 0 Å². The molecule has 232 valence electrons. The van der Waals surface area contributed by atoms with Crippen LogP contribution in [0.1, 0.15) is 29.0 Å². The fraction of sp³-hybridized carbons (Fsp3) is 0.375. The summed E-state index contributed by atoms with van der Waals surface area (Å²) in [5.41, 5.74) is 0.832. The highest BCUT2D eigenvalue weighted by Crippen LogP contribution is 2.51. The van der Waals surface area contributed by atoms with E-state index in [1.54, 1.807) is 36.4 Å². The highest BCUT2D eigenvalue weighted by Gasteiger charge is 2.45. The smallest absolute Gasteiger partial charge is 0.260 e. The highest BCUT2D eigenvalue weighted by molar-refractivity contribution is 5.84. The Morgan fingerprint density at radius 2 is 1.39 bits per heavy atom. The van der Waals surface area contributed by atoms with Gasteiger partial charge in [0.2, 0.25) is 23.5 Å². The van der Waals surface area contributed by atoms with E-state index in [0.717, 1.165) is 0 Å². The summed E-state index contributed by atoms with van der Waals surface area (Å²) in [5.74, 6) is 0.586. The van der Waals surface area contributed by atoms with E-state index < -0.39 is 11.5 Å². The number of ether oxygens (including phenoxy) is 6. The van der Waals surface area contributed by atoms with Crippen molar-refractivity contribution in [2.24, 2.45) is 0 Å². The molecule has 1 aromatic carbocycles. The van der Waals surface area contributed by atoms with Gasteiger partial charge in [-0.1, -0.05) is 6.07 Å². The van der Waals surface area contributed by atoms with E-state index >= 15 is 0 Å². The van der Waals surface area contributed by atoms with Gasteiger partial charge in [0.15, 0.2) is 11.4 Å². The zero-order valence-electron chi connectivity index (χ0n) is 26.2. The molecule has 44 heavy (non-hydrogen) atoms. The van der Waals surface area contributed by atoms with Crippen molar-refractivity contribution in [3.63, 3.8) is 0 Å². The molecule has 12 heteroatoms. The second-order valence-corrected chi connectivity index (χ2v) is 10.2. The predicted octanol–water partition coefficient (Wildman–Crippen LogP) is 4.60. The minimum atomic E-state index is -1.69. The number of hydrogen-bond donors (Lipinski definition) is 1. The van der Waals surface area contributed by atoms with Crippen LogP contribution in [0.4, 0.5) is 5.69 Å². The second kappa shape index (κ2) is 13.6. The van der Waals surface area contributed by atoms with E-state index in [4.69, 9.17) is 40.0 Å². The number of pyridine rings is 3. The van der Waals surface area contributed by atoms with Gasteiger partial charge < -0.3 is 38.4 Å². The number of rotatable bonds is 13. The van der Waals surface area contributed by atoms with Gasteiger partial charge in [-0.2, -0.15) is 9.97 Å². The number of aromatic nitrogens is 3. The molecule has 2 atom stereocenters. The molecule has 1 N–H and O–H groups in total. The van der Waals surface area contributed by atoms with Crippen LogP contribution in [0, 0.1) is 6.57 Å². The molecule has 2 unspecified atom stereocenters. The van der Waals surface area contributed by atoms with Crippen LogP contribution in [-0.4, -0.2) is 88.3 Å². The Balaban J connectivity index is 2.18. The molecule has 0 spiro atoms. The van der Waals surface area contributed by atoms with E-state index in [1.165, 1.54) is 42.7 Å². The third-order valence-electron chi connectivity index (χ3n) is 7.40. The molecule has 4 rings (SSSR count). The molecule has 12 nitrogen and oxygen atoms in total. The quantitative estimate of drug-likeness (QED) is 0.216. The number of methoxy groups -OCH3 is 6. The summed E-state index contributed by atoms with van der Waals surface area (Å²) in [5, 5.41) is 13.9. The maximum atomic E-state index is 13.2. The van der Waals surface area contributed by atoms with Gasteiger partial charge in [-0.3, -0.25) is 0 Å². The number of nitrogens with zero attached hydrogens (tertiary/aromatic N) is 5. The second-order valence-electron chi connectivity index (χ2n) is 10.2. The number of hydrogen-bond acceptors (Lipinski definition) is 11. The van der Waals surface area contributed by atoms with Crippen molar-refractivity contribution in [3.8, 4) is 35.1 Å². The van der Waals surface area contributed by atoms with Crippen LogP contribution in [-0.2, 0) is 5.60 Å². The first-order valence-corrected chi connectivity index (χ1v) is 13.7. The van der Waals surface area contributed by atoms with Gasteiger partial charge >= 0.3 is 0 Å². The van der Waals surface area contributed by atoms with Gasteiger partial charge in [0, 0.05) is 29.8 Å². The van der Waals surface area contributed by atoms with Gasteiger partial charge in [0.25, 0.3) is 5.88 Å². The van der Waals surface area contributed by atoms with Crippen LogP contribution < -0.4 is 28.4 Å². The first-order valence-electron chi connectivity index (χ1n) is 13.7. The van der Waals surface area contributed by atoms with Crippen molar-refractivity contribution in [1.82, 2.24) is 19.9 Å². The Morgan fingerprint density at radius 1 is 0.773 bits per heavy atom. The molecule has 0 aliphatic heterocycles. The van der Waals surface area contributed by atoms with E-state index in [0.29, 0.717) is 45.6 Å². The van der Waals surface area contributed by atoms with E-state index in [9.17, 15) is 5.11 Å². The molecule has 0 saturated carbocycles. The maximum Gasteiger partial charge on any atom is 0.260 e. The first-order chi connectivity index (χ1) is 21.1. The fourth-order valence-corrected chi connectivity index (χ4v) is 5.21. The van der Waals surface area contributed by atoms with Crippen LogP contribution in [0.5, 0.6) is 35.1 Å². The van der Waals surface area contributed by atoms with Crippen molar-refractivity contribution < 1.29 is 33.5 Å². The molecule has 4 aromatic rings. The topological polar surface area (TPSA) is 122 Å². The largest absolute Gasteiger partial charge is 0.491 e. The molecule has 0 saturated heterocycles. The predicted molar refractivity (Wildman–Crippen MR) is 165 cm³/mol. The zero-order valence-corrected chi connectivity index (χ0v) is 26.2. The molecule has 0 fully saturated rings. The summed E-state index contributed by atoms with van der Waals surface area (Å²) in [6.07, 6.45) is 0.224. The summed E-state index contributed by atoms with van der Waals surface area (Å²) in [6.45, 7) is 8.02. The lowest BCUT2D eigenvalue weighted by atomic mass is 9.72. The molecule has 3 aromatic heterocycles. The molecule has 0 radical (unpaired) electrons. The molecule has 0 amide bonds. The monoisotopic (exact) mass is 603 g/mol. The average Bonchev–Trinajstić information content (AvgIpc) is 3.05. The van der Waals surface area contributed by atoms with Crippen LogP contribution >= 0.6 is 0 Å². The number of aliphatic hydroxyl groups is 1. The first kappa shape index (κ1) is 32.1. The van der Waals surface area contributed by atoms with Crippen molar-refractivity contribution in [2.45, 2.75) is 17.9 Å². The van der Waals surface area contributed by atoms with Crippen LogP contribution in [0.3, 0.4) is 0 Å². The van der Waals surface area contributed by atoms with Crippen LogP contribution in [0.25, 0.3) is 15.7 Å². The maximum absolute atomic E-state index is 13.2. The zero-order chi connectivity index (χ0) is 32.0. The van der Waals surface area contributed by atoms with Crippen LogP contribution in [0.15, 0.2) is 42.5 Å². The lowest BCUT2D eigenvalue weighted by Gasteiger charge is -2.39. The normalized spacial score (nSPS) is 13.1. The minimum Gasteiger partial charge on any atom is -0.491 e. The summed E-state index contributed by atoms with van der Waals surface area (Å²) in [4.78, 5) is 19.3. The molecule has 3 heterocycles. The average molecular weight is 604 g/mol. The molecule has 0 bridgehead atoms. The summed E-state index contributed by atoms with van der Waals surface area (Å²) in [7, 11) is 12.8. The summed E-state index contributed by atoms with van der Waals surface area (Å²) >= 11 is 0. The third-order valence-corrected chi connectivity index (χ3v) is 7.40. The summed E-state index contributed by atoms with van der Waals surface area (Å²) < 4.78 is 33.8. The molecule has 0 aliphatic rings. The lowest BCUT2D eigenvalue weighted by molar-refractivity contribution is 0.00250. The SMILES string of the molecule is [C-]#[N+]c1ccc2nc(OC)c(C(c3cc(OC)c(OC)nc3OC)C(O)(CCN(C)C)c3cc(OC)nc(OC)c3)cc2c1. The standard InChI is InChI=1S/C32H37N5O7/c1-33-21-10-11-24-19(14-21)15-22(29(34-24)42-7)28(23-18-25(39-4)31(44-9)36-30(23)43-8)32(38,12-13-37(2)3)20-16-26(40-5)35-27(17-20)41-6/h10-11,14-18,28,38H,12-13H2,2-9H3. The van der Waals surface area contributed by atoms with Crippen LogP contribution in [0.2, 0.25) is 0 Å². The number of benzene rings is 1. The Bertz CT molecular complexity index is 1650. The van der Waals surface area contributed by atoms with Gasteiger partial charge in [0.1, 0.15) is 5.60 Å². The minimum absolute atomic E-state index is 0.195. The van der Waals surface area contributed by atoms with Gasteiger partial charge in [-0.25, -0.2) is 9.83 Å². The van der Waals surface area contributed by atoms with E-state index in [2.05, 4.69) is 14.8 Å². The Labute approximate surface area is 256 Å². The molecular weight excluding hydrogens is 566 g/mol. The van der Waals surface area contributed by atoms with Gasteiger partial charge in [-0.05, 0) is 55.7 Å². The van der Waals surface area contributed by atoms with E-state index in [1.807, 2.05) is 25.1 Å². The van der Waals surface area contributed by atoms with Crippen molar-refractivity contribution in [1.29, 1.82) is 0 Å². The highest BCUT2D eigenvalue weighted by atomic mass is 16.5. The summed E-state index contributed by atoms with van der Waals surface area (Å²) in [6, 6.07) is 12.1. The lowest BCUT2D eigenvalue weighted by Crippen LogP contribution is -2.38. The Kier molecular flexibility index (Phi) is 9.93.